The molecule has 0 aliphatic carbocycles. The Hall–Kier alpha value is -1.59. The number of halogens is 1. The lowest BCUT2D eigenvalue weighted by atomic mass is 9.96. The molecule has 1 saturated heterocycles. The maximum Gasteiger partial charge on any atom is 0.320 e. The van der Waals surface area contributed by atoms with Crippen LogP contribution in [0.4, 0.5) is 0 Å². The summed E-state index contributed by atoms with van der Waals surface area (Å²) < 4.78 is 5.80. The third-order valence-corrected chi connectivity index (χ3v) is 4.39. The molecule has 1 atom stereocenters. The summed E-state index contributed by atoms with van der Waals surface area (Å²) in [5.41, 5.74) is 1.52. The highest BCUT2D eigenvalue weighted by molar-refractivity contribution is 6.31. The highest BCUT2D eigenvalue weighted by Gasteiger charge is 2.29. The molecule has 1 aliphatic rings. The van der Waals surface area contributed by atoms with Crippen molar-refractivity contribution in [3.63, 3.8) is 0 Å². The summed E-state index contributed by atoms with van der Waals surface area (Å²) in [6.45, 7) is 3.22. The van der Waals surface area contributed by atoms with Crippen molar-refractivity contribution in [3.8, 4) is 0 Å². The average Bonchev–Trinajstić information content (AvgIpc) is 2.89. The molecule has 0 spiro atoms. The molecule has 2 aromatic rings. The fourth-order valence-corrected chi connectivity index (χ4v) is 2.95. The van der Waals surface area contributed by atoms with Gasteiger partial charge in [0.1, 0.15) is 11.6 Å². The predicted molar refractivity (Wildman–Crippen MR) is 79.7 cm³/mol. The Morgan fingerprint density at radius 2 is 2.19 bits per heavy atom. The van der Waals surface area contributed by atoms with Gasteiger partial charge in [0.2, 0.25) is 0 Å². The van der Waals surface area contributed by atoms with Crippen LogP contribution in [0.5, 0.6) is 0 Å². The van der Waals surface area contributed by atoms with Gasteiger partial charge in [0.05, 0.1) is 0 Å². The van der Waals surface area contributed by atoms with Crippen molar-refractivity contribution in [2.75, 3.05) is 13.1 Å². The molecule has 1 unspecified atom stereocenters. The van der Waals surface area contributed by atoms with Gasteiger partial charge < -0.3 is 9.52 Å². The monoisotopic (exact) mass is 308 g/mol. The van der Waals surface area contributed by atoms with Crippen molar-refractivity contribution in [2.45, 2.75) is 31.7 Å². The molecule has 2 heterocycles. The van der Waals surface area contributed by atoms with E-state index in [1.165, 1.54) is 0 Å². The van der Waals surface area contributed by atoms with E-state index in [2.05, 4.69) is 4.98 Å². The molecule has 1 N–H and O–H groups in total. The number of nitrogens with zero attached hydrogens (tertiary/aromatic N) is 2. The number of hydrogen-bond donors (Lipinski definition) is 1. The molecule has 21 heavy (non-hydrogen) atoms. The van der Waals surface area contributed by atoms with Gasteiger partial charge in [0.15, 0.2) is 11.5 Å². The molecule has 0 amide bonds. The van der Waals surface area contributed by atoms with Gasteiger partial charge in [-0.25, -0.2) is 4.98 Å². The summed E-state index contributed by atoms with van der Waals surface area (Å²) in [6.07, 6.45) is 1.72. The number of piperidine rings is 1. The summed E-state index contributed by atoms with van der Waals surface area (Å²) in [5.74, 6) is 0.202. The number of likely N-dealkylation sites (tertiary alicyclic amines) is 1. The maximum absolute atomic E-state index is 11.0. The second-order valence-electron chi connectivity index (χ2n) is 5.49. The Kier molecular flexibility index (Phi) is 3.87. The van der Waals surface area contributed by atoms with Crippen LogP contribution in [0.1, 0.15) is 31.6 Å². The zero-order valence-electron chi connectivity index (χ0n) is 11.8. The quantitative estimate of drug-likeness (QED) is 0.943. The average molecular weight is 309 g/mol. The van der Waals surface area contributed by atoms with Crippen LogP contribution in [0.2, 0.25) is 5.02 Å². The normalized spacial score (nSPS) is 19.0. The third kappa shape index (κ3) is 2.89. The van der Waals surface area contributed by atoms with Gasteiger partial charge >= 0.3 is 5.97 Å². The molecular formula is C15H17ClN2O3. The first kappa shape index (κ1) is 14.4. The number of carbonyl (C=O) groups is 1. The van der Waals surface area contributed by atoms with Crippen LogP contribution in [0, 0.1) is 0 Å². The molecule has 1 aromatic heterocycles. The standard InChI is InChI=1S/C15H17ClN2O3/c1-9(15(19)20)18-6-4-10(5-7-18)14-17-12-8-11(16)2-3-13(12)21-14/h2-3,8-10H,4-7H2,1H3,(H,19,20). The largest absolute Gasteiger partial charge is 0.480 e. The van der Waals surface area contributed by atoms with E-state index in [-0.39, 0.29) is 5.92 Å². The SMILES string of the molecule is CC(C(=O)O)N1CCC(c2nc3cc(Cl)ccc3o2)CC1. The number of rotatable bonds is 3. The summed E-state index contributed by atoms with van der Waals surface area (Å²) >= 11 is 5.95. The first-order valence-corrected chi connectivity index (χ1v) is 7.45. The first-order chi connectivity index (χ1) is 10.0. The zero-order chi connectivity index (χ0) is 15.0. The number of benzene rings is 1. The van der Waals surface area contributed by atoms with Gasteiger partial charge in [0, 0.05) is 10.9 Å². The van der Waals surface area contributed by atoms with Crippen molar-refractivity contribution >= 4 is 28.7 Å². The van der Waals surface area contributed by atoms with Gasteiger partial charge in [-0.2, -0.15) is 0 Å². The first-order valence-electron chi connectivity index (χ1n) is 7.07. The molecule has 5 nitrogen and oxygen atoms in total. The number of oxazole rings is 1. The molecule has 0 saturated carbocycles. The van der Waals surface area contributed by atoms with Crippen molar-refractivity contribution in [3.05, 3.63) is 29.1 Å². The van der Waals surface area contributed by atoms with Crippen LogP contribution in [0.3, 0.4) is 0 Å². The summed E-state index contributed by atoms with van der Waals surface area (Å²) in [7, 11) is 0. The van der Waals surface area contributed by atoms with E-state index in [0.717, 1.165) is 42.9 Å². The van der Waals surface area contributed by atoms with Crippen LogP contribution >= 0.6 is 11.6 Å². The van der Waals surface area contributed by atoms with Crippen LogP contribution in [0.15, 0.2) is 22.6 Å². The minimum atomic E-state index is -0.773. The topological polar surface area (TPSA) is 66.6 Å². The lowest BCUT2D eigenvalue weighted by Gasteiger charge is -2.32. The number of aliphatic carboxylic acids is 1. The lowest BCUT2D eigenvalue weighted by molar-refractivity contribution is -0.143. The Morgan fingerprint density at radius 1 is 1.48 bits per heavy atom. The second-order valence-corrected chi connectivity index (χ2v) is 5.93. The third-order valence-electron chi connectivity index (χ3n) is 4.15. The fraction of sp³-hybridized carbons (Fsp3) is 0.467. The van der Waals surface area contributed by atoms with E-state index in [4.69, 9.17) is 21.1 Å². The molecular weight excluding hydrogens is 292 g/mol. The summed E-state index contributed by atoms with van der Waals surface area (Å²) in [4.78, 5) is 17.5. The molecule has 1 fully saturated rings. The number of carboxylic acid groups (broad SMARTS) is 1. The maximum atomic E-state index is 11.0. The fourth-order valence-electron chi connectivity index (χ4n) is 2.78. The molecule has 0 bridgehead atoms. The Bertz CT molecular complexity index is 662. The lowest BCUT2D eigenvalue weighted by Crippen LogP contribution is -2.43. The van der Waals surface area contributed by atoms with E-state index in [1.807, 2.05) is 11.0 Å². The van der Waals surface area contributed by atoms with Gasteiger partial charge in [-0.3, -0.25) is 9.69 Å². The van der Waals surface area contributed by atoms with Crippen LogP contribution in [-0.2, 0) is 4.79 Å². The van der Waals surface area contributed by atoms with Crippen LogP contribution in [0.25, 0.3) is 11.1 Å². The van der Waals surface area contributed by atoms with Crippen molar-refractivity contribution in [1.29, 1.82) is 0 Å². The molecule has 3 rings (SSSR count). The van der Waals surface area contributed by atoms with E-state index in [0.29, 0.717) is 5.02 Å². The highest BCUT2D eigenvalue weighted by Crippen LogP contribution is 2.31. The number of carboxylic acids is 1. The number of aromatic nitrogens is 1. The Balaban J connectivity index is 1.72. The van der Waals surface area contributed by atoms with Gasteiger partial charge in [-0.15, -0.1) is 0 Å². The van der Waals surface area contributed by atoms with Crippen LogP contribution in [-0.4, -0.2) is 40.1 Å². The van der Waals surface area contributed by atoms with E-state index >= 15 is 0 Å². The van der Waals surface area contributed by atoms with E-state index < -0.39 is 12.0 Å². The van der Waals surface area contributed by atoms with E-state index in [9.17, 15) is 4.79 Å². The Morgan fingerprint density at radius 3 is 2.86 bits per heavy atom. The van der Waals surface area contributed by atoms with Gasteiger partial charge in [-0.05, 0) is 51.1 Å². The molecule has 1 aromatic carbocycles. The predicted octanol–water partition coefficient (Wildman–Crippen LogP) is 3.13. The van der Waals surface area contributed by atoms with Gasteiger partial charge in [-0.1, -0.05) is 11.6 Å². The highest BCUT2D eigenvalue weighted by atomic mass is 35.5. The van der Waals surface area contributed by atoms with E-state index in [1.54, 1.807) is 19.1 Å². The second kappa shape index (κ2) is 5.66. The zero-order valence-corrected chi connectivity index (χ0v) is 12.5. The van der Waals surface area contributed by atoms with Crippen molar-refractivity contribution in [1.82, 2.24) is 9.88 Å². The number of fused-ring (bicyclic) bond motifs is 1. The smallest absolute Gasteiger partial charge is 0.320 e. The molecule has 6 heteroatoms. The summed E-state index contributed by atoms with van der Waals surface area (Å²) in [6, 6.07) is 4.98. The minimum Gasteiger partial charge on any atom is -0.480 e. The minimum absolute atomic E-state index is 0.244. The molecule has 1 aliphatic heterocycles. The molecule has 0 radical (unpaired) electrons. The van der Waals surface area contributed by atoms with Gasteiger partial charge in [0.25, 0.3) is 0 Å². The summed E-state index contributed by atoms with van der Waals surface area (Å²) in [5, 5.41) is 9.70. The number of hydrogen-bond acceptors (Lipinski definition) is 4. The molecule has 112 valence electrons. The van der Waals surface area contributed by atoms with Crippen LogP contribution < -0.4 is 0 Å². The Labute approximate surface area is 127 Å². The van der Waals surface area contributed by atoms with Crippen molar-refractivity contribution < 1.29 is 14.3 Å². The van der Waals surface area contributed by atoms with Crippen molar-refractivity contribution in [2.24, 2.45) is 0 Å².